The maximum Gasteiger partial charge on any atom is 0.143 e. The van der Waals surface area contributed by atoms with Crippen LogP contribution >= 0.6 is 0 Å². The Morgan fingerprint density at radius 2 is 2.05 bits per heavy atom. The molecule has 3 rings (SSSR count). The Bertz CT molecular complexity index is 590. The van der Waals surface area contributed by atoms with Gasteiger partial charge in [0, 0.05) is 24.1 Å². The molecule has 1 aliphatic rings. The Balaban J connectivity index is 1.91. The largest absolute Gasteiger partial charge is 0.308 e. The van der Waals surface area contributed by atoms with Gasteiger partial charge in [-0.3, -0.25) is 0 Å². The molecular weight excluding hydrogens is 236 g/mol. The topological polar surface area (TPSA) is 63.8 Å². The van der Waals surface area contributed by atoms with Crippen LogP contribution in [-0.4, -0.2) is 9.97 Å². The summed E-state index contributed by atoms with van der Waals surface area (Å²) in [6, 6.07) is 10.3. The Hall–Kier alpha value is -1.94. The van der Waals surface area contributed by atoms with E-state index in [0.29, 0.717) is 11.7 Å². The van der Waals surface area contributed by atoms with Crippen molar-refractivity contribution in [3.05, 3.63) is 53.0 Å². The molecule has 0 bridgehead atoms. The van der Waals surface area contributed by atoms with E-state index in [2.05, 4.69) is 40.5 Å². The minimum atomic E-state index is 0.603. The fraction of sp³-hybridized carbons (Fsp3) is 0.333. The van der Waals surface area contributed by atoms with Gasteiger partial charge in [0.15, 0.2) is 0 Å². The molecule has 1 saturated carbocycles. The normalized spacial score (nSPS) is 14.4. The van der Waals surface area contributed by atoms with E-state index in [0.717, 1.165) is 17.9 Å². The lowest BCUT2D eigenvalue weighted by Gasteiger charge is -2.08. The average Bonchev–Trinajstić information content (AvgIpc) is 3.25. The molecule has 1 aromatic carbocycles. The van der Waals surface area contributed by atoms with Gasteiger partial charge >= 0.3 is 0 Å². The van der Waals surface area contributed by atoms with Crippen LogP contribution in [0, 0.1) is 6.92 Å². The summed E-state index contributed by atoms with van der Waals surface area (Å²) in [6.45, 7) is 2.11. The van der Waals surface area contributed by atoms with E-state index in [9.17, 15) is 0 Å². The number of hydrogen-bond donors (Lipinski definition) is 2. The van der Waals surface area contributed by atoms with Crippen molar-refractivity contribution in [3.8, 4) is 0 Å². The summed E-state index contributed by atoms with van der Waals surface area (Å²) in [4.78, 5) is 9.12. The number of nitrogen functional groups attached to an aromatic ring is 1. The predicted octanol–water partition coefficient (Wildman–Crippen LogP) is 2.54. The number of nitrogens with two attached hydrogens (primary N) is 1. The van der Waals surface area contributed by atoms with Crippen molar-refractivity contribution >= 4 is 5.82 Å². The summed E-state index contributed by atoms with van der Waals surface area (Å²) in [5, 5.41) is 0. The SMILES string of the molecule is Cc1ccccc1Cc1nc(NN)cc(C2CC2)n1. The number of aryl methyl sites for hydroxylation is 1. The first-order valence-electron chi connectivity index (χ1n) is 6.65. The Kier molecular flexibility index (Phi) is 3.17. The van der Waals surface area contributed by atoms with E-state index < -0.39 is 0 Å². The van der Waals surface area contributed by atoms with Gasteiger partial charge in [-0.2, -0.15) is 0 Å². The van der Waals surface area contributed by atoms with Crippen molar-refractivity contribution in [2.75, 3.05) is 5.43 Å². The summed E-state index contributed by atoms with van der Waals surface area (Å²) < 4.78 is 0. The van der Waals surface area contributed by atoms with Gasteiger partial charge in [0.1, 0.15) is 11.6 Å². The lowest BCUT2D eigenvalue weighted by atomic mass is 10.1. The highest BCUT2D eigenvalue weighted by Gasteiger charge is 2.26. The van der Waals surface area contributed by atoms with Crippen molar-refractivity contribution in [1.29, 1.82) is 0 Å². The lowest BCUT2D eigenvalue weighted by molar-refractivity contribution is 0.896. The summed E-state index contributed by atoms with van der Waals surface area (Å²) in [7, 11) is 0. The summed E-state index contributed by atoms with van der Waals surface area (Å²) >= 11 is 0. The van der Waals surface area contributed by atoms with E-state index in [1.54, 1.807) is 0 Å². The highest BCUT2D eigenvalue weighted by atomic mass is 15.3. The fourth-order valence-corrected chi connectivity index (χ4v) is 2.24. The van der Waals surface area contributed by atoms with Gasteiger partial charge in [-0.1, -0.05) is 24.3 Å². The third kappa shape index (κ3) is 2.74. The highest BCUT2D eigenvalue weighted by molar-refractivity contribution is 5.38. The first kappa shape index (κ1) is 12.1. The van der Waals surface area contributed by atoms with Gasteiger partial charge in [-0.15, -0.1) is 0 Å². The fourth-order valence-electron chi connectivity index (χ4n) is 2.24. The molecule has 4 nitrogen and oxygen atoms in total. The lowest BCUT2D eigenvalue weighted by Crippen LogP contribution is -2.12. The highest BCUT2D eigenvalue weighted by Crippen LogP contribution is 2.39. The van der Waals surface area contributed by atoms with E-state index in [1.165, 1.54) is 24.0 Å². The predicted molar refractivity (Wildman–Crippen MR) is 75.8 cm³/mol. The quantitative estimate of drug-likeness (QED) is 0.650. The number of benzene rings is 1. The van der Waals surface area contributed by atoms with Crippen LogP contribution in [0.15, 0.2) is 30.3 Å². The Morgan fingerprint density at radius 3 is 2.74 bits per heavy atom. The molecule has 0 spiro atoms. The number of hydrazine groups is 1. The molecule has 4 heteroatoms. The van der Waals surface area contributed by atoms with Crippen LogP contribution in [-0.2, 0) is 6.42 Å². The molecule has 0 amide bonds. The Labute approximate surface area is 113 Å². The molecule has 98 valence electrons. The third-order valence-electron chi connectivity index (χ3n) is 3.55. The molecule has 1 heterocycles. The molecule has 1 aliphatic carbocycles. The van der Waals surface area contributed by atoms with Crippen LogP contribution < -0.4 is 11.3 Å². The molecule has 2 aromatic rings. The maximum atomic E-state index is 5.49. The van der Waals surface area contributed by atoms with Crippen molar-refractivity contribution in [2.45, 2.75) is 32.1 Å². The van der Waals surface area contributed by atoms with Crippen molar-refractivity contribution < 1.29 is 0 Å². The molecule has 0 atom stereocenters. The number of nitrogens with one attached hydrogen (secondary N) is 1. The van der Waals surface area contributed by atoms with Gasteiger partial charge in [-0.05, 0) is 30.9 Å². The second kappa shape index (κ2) is 4.97. The number of anilines is 1. The second-order valence-corrected chi connectivity index (χ2v) is 5.12. The minimum Gasteiger partial charge on any atom is -0.308 e. The number of aromatic nitrogens is 2. The maximum absolute atomic E-state index is 5.49. The van der Waals surface area contributed by atoms with Crippen LogP contribution in [0.2, 0.25) is 0 Å². The number of rotatable bonds is 4. The summed E-state index contributed by atoms with van der Waals surface area (Å²) in [6.07, 6.45) is 3.21. The summed E-state index contributed by atoms with van der Waals surface area (Å²) in [5.41, 5.74) is 6.29. The molecule has 0 aliphatic heterocycles. The summed E-state index contributed by atoms with van der Waals surface area (Å²) in [5.74, 6) is 7.64. The van der Waals surface area contributed by atoms with Crippen molar-refractivity contribution in [3.63, 3.8) is 0 Å². The standard InChI is InChI=1S/C15H18N4/c1-10-4-2-3-5-12(10)8-14-17-13(11-6-7-11)9-15(18-14)19-16/h2-5,9,11H,6-8,16H2,1H3,(H,17,18,19). The number of nitrogens with zero attached hydrogens (tertiary/aromatic N) is 2. The number of hydrogen-bond acceptors (Lipinski definition) is 4. The zero-order valence-electron chi connectivity index (χ0n) is 11.1. The van der Waals surface area contributed by atoms with Crippen LogP contribution in [0.25, 0.3) is 0 Å². The van der Waals surface area contributed by atoms with Gasteiger partial charge in [0.05, 0.1) is 0 Å². The van der Waals surface area contributed by atoms with Crippen LogP contribution in [0.4, 0.5) is 5.82 Å². The molecule has 0 radical (unpaired) electrons. The second-order valence-electron chi connectivity index (χ2n) is 5.12. The zero-order chi connectivity index (χ0) is 13.2. The molecule has 3 N–H and O–H groups in total. The van der Waals surface area contributed by atoms with Gasteiger partial charge in [0.2, 0.25) is 0 Å². The van der Waals surface area contributed by atoms with Gasteiger partial charge in [0.25, 0.3) is 0 Å². The van der Waals surface area contributed by atoms with Crippen LogP contribution in [0.1, 0.15) is 41.4 Å². The van der Waals surface area contributed by atoms with Gasteiger partial charge < -0.3 is 5.43 Å². The molecule has 1 aromatic heterocycles. The zero-order valence-corrected chi connectivity index (χ0v) is 11.1. The van der Waals surface area contributed by atoms with Crippen LogP contribution in [0.5, 0.6) is 0 Å². The van der Waals surface area contributed by atoms with Crippen molar-refractivity contribution in [1.82, 2.24) is 9.97 Å². The molecule has 19 heavy (non-hydrogen) atoms. The third-order valence-corrected chi connectivity index (χ3v) is 3.55. The molecule has 0 saturated heterocycles. The minimum absolute atomic E-state index is 0.603. The molecule has 0 unspecified atom stereocenters. The van der Waals surface area contributed by atoms with E-state index in [4.69, 9.17) is 5.84 Å². The van der Waals surface area contributed by atoms with Crippen molar-refractivity contribution in [2.24, 2.45) is 5.84 Å². The van der Waals surface area contributed by atoms with Crippen LogP contribution in [0.3, 0.4) is 0 Å². The van der Waals surface area contributed by atoms with Gasteiger partial charge in [-0.25, -0.2) is 15.8 Å². The van der Waals surface area contributed by atoms with E-state index >= 15 is 0 Å². The average molecular weight is 254 g/mol. The molecular formula is C15H18N4. The smallest absolute Gasteiger partial charge is 0.143 e. The first-order valence-corrected chi connectivity index (χ1v) is 6.65. The van der Waals surface area contributed by atoms with E-state index in [1.807, 2.05) is 12.1 Å². The Morgan fingerprint density at radius 1 is 1.26 bits per heavy atom. The molecule has 1 fully saturated rings. The van der Waals surface area contributed by atoms with E-state index in [-0.39, 0.29) is 0 Å². The monoisotopic (exact) mass is 254 g/mol. The first-order chi connectivity index (χ1) is 9.26.